The zero-order valence-electron chi connectivity index (χ0n) is 11.6. The molecule has 1 unspecified atom stereocenters. The van der Waals surface area contributed by atoms with E-state index in [9.17, 15) is 13.5 Å². The SMILES string of the molecule is CCc1ccc(CO)cc1S(=O)(=O)NC1CCCSC1. The first kappa shape index (κ1) is 15.8. The summed E-state index contributed by atoms with van der Waals surface area (Å²) in [6, 6.07) is 5.16. The molecule has 1 aliphatic heterocycles. The molecule has 20 heavy (non-hydrogen) atoms. The summed E-state index contributed by atoms with van der Waals surface area (Å²) in [7, 11) is -3.51. The van der Waals surface area contributed by atoms with E-state index in [1.54, 1.807) is 30.0 Å². The number of hydrogen-bond donors (Lipinski definition) is 2. The molecule has 0 aliphatic carbocycles. The van der Waals surface area contributed by atoms with Crippen LogP contribution in [-0.2, 0) is 23.1 Å². The van der Waals surface area contributed by atoms with Crippen molar-refractivity contribution in [1.29, 1.82) is 0 Å². The molecule has 2 N–H and O–H groups in total. The maximum atomic E-state index is 12.5. The Morgan fingerprint density at radius 2 is 2.25 bits per heavy atom. The monoisotopic (exact) mass is 315 g/mol. The Bertz CT molecular complexity index is 552. The van der Waals surface area contributed by atoms with Gasteiger partial charge in [0, 0.05) is 11.8 Å². The summed E-state index contributed by atoms with van der Waals surface area (Å²) < 4.78 is 27.9. The van der Waals surface area contributed by atoms with Crippen molar-refractivity contribution in [3.63, 3.8) is 0 Å². The molecule has 0 bridgehead atoms. The second kappa shape index (κ2) is 6.93. The van der Waals surface area contributed by atoms with E-state index in [0.29, 0.717) is 16.9 Å². The number of aliphatic hydroxyl groups is 1. The van der Waals surface area contributed by atoms with Gasteiger partial charge in [0.25, 0.3) is 0 Å². The van der Waals surface area contributed by atoms with Gasteiger partial charge in [-0.25, -0.2) is 13.1 Å². The van der Waals surface area contributed by atoms with Gasteiger partial charge in [0.2, 0.25) is 10.0 Å². The highest BCUT2D eigenvalue weighted by Crippen LogP contribution is 2.22. The summed E-state index contributed by atoms with van der Waals surface area (Å²) in [6.45, 7) is 1.79. The van der Waals surface area contributed by atoms with E-state index < -0.39 is 10.0 Å². The zero-order chi connectivity index (χ0) is 14.6. The molecule has 1 aromatic carbocycles. The average Bonchev–Trinajstić information content (AvgIpc) is 2.47. The third-order valence-electron chi connectivity index (χ3n) is 3.47. The quantitative estimate of drug-likeness (QED) is 0.871. The first-order valence-electron chi connectivity index (χ1n) is 6.89. The third-order valence-corrected chi connectivity index (χ3v) is 6.28. The lowest BCUT2D eigenvalue weighted by molar-refractivity contribution is 0.281. The Hall–Kier alpha value is -0.560. The van der Waals surface area contributed by atoms with E-state index in [2.05, 4.69) is 4.72 Å². The van der Waals surface area contributed by atoms with E-state index in [1.807, 2.05) is 6.92 Å². The van der Waals surface area contributed by atoms with Gasteiger partial charge in [0.1, 0.15) is 0 Å². The second-order valence-electron chi connectivity index (χ2n) is 4.99. The van der Waals surface area contributed by atoms with Crippen LogP contribution in [0.3, 0.4) is 0 Å². The Morgan fingerprint density at radius 1 is 1.45 bits per heavy atom. The molecular weight excluding hydrogens is 294 g/mol. The summed E-state index contributed by atoms with van der Waals surface area (Å²) in [4.78, 5) is 0.308. The van der Waals surface area contributed by atoms with Gasteiger partial charge in [-0.1, -0.05) is 19.1 Å². The largest absolute Gasteiger partial charge is 0.392 e. The normalized spacial score (nSPS) is 20.0. The first-order chi connectivity index (χ1) is 9.56. The molecule has 112 valence electrons. The van der Waals surface area contributed by atoms with Gasteiger partial charge in [-0.05, 0) is 42.2 Å². The smallest absolute Gasteiger partial charge is 0.241 e. The summed E-state index contributed by atoms with van der Waals surface area (Å²) in [5.41, 5.74) is 1.42. The highest BCUT2D eigenvalue weighted by Gasteiger charge is 2.24. The van der Waals surface area contributed by atoms with Gasteiger partial charge in [-0.15, -0.1) is 0 Å². The minimum absolute atomic E-state index is 0.0150. The molecule has 6 heteroatoms. The van der Waals surface area contributed by atoms with Crippen molar-refractivity contribution in [2.75, 3.05) is 11.5 Å². The minimum atomic E-state index is -3.51. The molecule has 0 saturated carbocycles. The molecule has 0 amide bonds. The number of thioether (sulfide) groups is 1. The van der Waals surface area contributed by atoms with Crippen LogP contribution in [0, 0.1) is 0 Å². The van der Waals surface area contributed by atoms with Gasteiger partial charge in [0.15, 0.2) is 0 Å². The van der Waals surface area contributed by atoms with Gasteiger partial charge >= 0.3 is 0 Å². The van der Waals surface area contributed by atoms with Gasteiger partial charge in [0.05, 0.1) is 11.5 Å². The molecule has 0 radical (unpaired) electrons. The summed E-state index contributed by atoms with van der Waals surface area (Å²) >= 11 is 1.79. The third kappa shape index (κ3) is 3.75. The highest BCUT2D eigenvalue weighted by atomic mass is 32.2. The van der Waals surface area contributed by atoms with Gasteiger partial charge in [-0.3, -0.25) is 0 Å². The number of hydrogen-bond acceptors (Lipinski definition) is 4. The number of aryl methyl sites for hydroxylation is 1. The number of aliphatic hydroxyl groups excluding tert-OH is 1. The Balaban J connectivity index is 2.27. The predicted octanol–water partition coefficient (Wildman–Crippen LogP) is 1.92. The number of sulfonamides is 1. The summed E-state index contributed by atoms with van der Waals surface area (Å²) in [5, 5.41) is 9.19. The van der Waals surface area contributed by atoms with Crippen LogP contribution in [0.25, 0.3) is 0 Å². The van der Waals surface area contributed by atoms with Crippen LogP contribution in [0.5, 0.6) is 0 Å². The molecule has 1 saturated heterocycles. The van der Waals surface area contributed by atoms with Crippen LogP contribution in [-0.4, -0.2) is 31.1 Å². The van der Waals surface area contributed by atoms with Crippen molar-refractivity contribution in [2.45, 2.75) is 43.7 Å². The average molecular weight is 315 g/mol. The molecule has 1 heterocycles. The van der Waals surface area contributed by atoms with Crippen LogP contribution >= 0.6 is 11.8 Å². The van der Waals surface area contributed by atoms with Crippen LogP contribution in [0.4, 0.5) is 0 Å². The lowest BCUT2D eigenvalue weighted by atomic mass is 10.1. The van der Waals surface area contributed by atoms with Gasteiger partial charge < -0.3 is 5.11 Å². The maximum Gasteiger partial charge on any atom is 0.241 e. The second-order valence-corrected chi connectivity index (χ2v) is 7.82. The fourth-order valence-corrected chi connectivity index (χ4v) is 5.16. The lowest BCUT2D eigenvalue weighted by Gasteiger charge is -2.23. The Labute approximate surface area is 125 Å². The van der Waals surface area contributed by atoms with Crippen LogP contribution in [0.15, 0.2) is 23.1 Å². The number of rotatable bonds is 5. The minimum Gasteiger partial charge on any atom is -0.392 e. The van der Waals surface area contributed by atoms with E-state index >= 15 is 0 Å². The molecular formula is C14H21NO3S2. The Kier molecular flexibility index (Phi) is 5.49. The topological polar surface area (TPSA) is 66.4 Å². The number of nitrogens with one attached hydrogen (secondary N) is 1. The molecule has 1 aromatic rings. The molecule has 1 atom stereocenters. The predicted molar refractivity (Wildman–Crippen MR) is 82.4 cm³/mol. The molecule has 2 rings (SSSR count). The van der Waals surface area contributed by atoms with Crippen molar-refractivity contribution >= 4 is 21.8 Å². The van der Waals surface area contributed by atoms with E-state index in [1.165, 1.54) is 0 Å². The zero-order valence-corrected chi connectivity index (χ0v) is 13.3. The molecule has 0 aromatic heterocycles. The van der Waals surface area contributed by atoms with Crippen molar-refractivity contribution < 1.29 is 13.5 Å². The lowest BCUT2D eigenvalue weighted by Crippen LogP contribution is -2.38. The summed E-state index contributed by atoms with van der Waals surface area (Å²) in [6.07, 6.45) is 2.60. The molecule has 0 spiro atoms. The fourth-order valence-electron chi connectivity index (χ4n) is 2.36. The summed E-state index contributed by atoms with van der Waals surface area (Å²) in [5.74, 6) is 1.94. The molecule has 1 fully saturated rings. The number of benzene rings is 1. The standard InChI is InChI=1S/C14H21NO3S2/c1-2-12-6-5-11(9-16)8-14(12)20(17,18)15-13-4-3-7-19-10-13/h5-6,8,13,15-16H,2-4,7,9-10H2,1H3. The maximum absolute atomic E-state index is 12.5. The van der Waals surface area contributed by atoms with Crippen molar-refractivity contribution in [3.05, 3.63) is 29.3 Å². The molecule has 1 aliphatic rings. The van der Waals surface area contributed by atoms with E-state index in [-0.39, 0.29) is 12.6 Å². The highest BCUT2D eigenvalue weighted by molar-refractivity contribution is 7.99. The first-order valence-corrected chi connectivity index (χ1v) is 9.53. The van der Waals surface area contributed by atoms with Crippen LogP contribution in [0.2, 0.25) is 0 Å². The van der Waals surface area contributed by atoms with E-state index in [4.69, 9.17) is 0 Å². The van der Waals surface area contributed by atoms with Crippen LogP contribution in [0.1, 0.15) is 30.9 Å². The van der Waals surface area contributed by atoms with Crippen molar-refractivity contribution in [3.8, 4) is 0 Å². The Morgan fingerprint density at radius 3 is 2.85 bits per heavy atom. The van der Waals surface area contributed by atoms with Gasteiger partial charge in [-0.2, -0.15) is 11.8 Å². The van der Waals surface area contributed by atoms with Crippen molar-refractivity contribution in [2.24, 2.45) is 0 Å². The van der Waals surface area contributed by atoms with E-state index in [0.717, 1.165) is 29.9 Å². The van der Waals surface area contributed by atoms with Crippen LogP contribution < -0.4 is 4.72 Å². The van der Waals surface area contributed by atoms with Crippen molar-refractivity contribution in [1.82, 2.24) is 4.72 Å². The fraction of sp³-hybridized carbons (Fsp3) is 0.571. The molecule has 4 nitrogen and oxygen atoms in total.